The summed E-state index contributed by atoms with van der Waals surface area (Å²) >= 11 is 0. The number of rotatable bonds is 32. The number of hydrogen-bond donors (Lipinski definition) is 0. The van der Waals surface area contributed by atoms with Crippen molar-refractivity contribution in [2.75, 3.05) is 78.5 Å². The second kappa shape index (κ2) is 33.0. The van der Waals surface area contributed by atoms with Crippen LogP contribution >= 0.6 is 0 Å². The molecule has 1 heterocycles. The summed E-state index contributed by atoms with van der Waals surface area (Å²) in [7, 11) is 0. The van der Waals surface area contributed by atoms with E-state index >= 15 is 0 Å². The van der Waals surface area contributed by atoms with Crippen LogP contribution in [0.1, 0.15) is 141 Å². The fraction of sp³-hybridized carbons (Fsp3) is 0.810. The van der Waals surface area contributed by atoms with Crippen molar-refractivity contribution in [1.29, 1.82) is 0 Å². The van der Waals surface area contributed by atoms with Crippen LogP contribution in [-0.4, -0.2) is 98.1 Å². The van der Waals surface area contributed by atoms with E-state index in [0.717, 1.165) is 25.7 Å². The van der Waals surface area contributed by atoms with Gasteiger partial charge in [0.05, 0.1) is 0 Å². The van der Waals surface area contributed by atoms with E-state index in [1.165, 1.54) is 194 Å². The molecule has 0 saturated carbocycles. The zero-order valence-electron chi connectivity index (χ0n) is 30.1. The van der Waals surface area contributed by atoms with Crippen LogP contribution in [0, 0.1) is 49.4 Å². The third-order valence-corrected chi connectivity index (χ3v) is 9.54. The monoisotopic (exact) mass is 633 g/mol. The molecule has 0 aromatic heterocycles. The SMILES string of the molecule is C#CCCCCCCN(CCCCCCC#C)CCCN1CCN(CCCN(CCCCCCC#C)CCCCCCC#C)CC1. The fourth-order valence-electron chi connectivity index (χ4n) is 6.61. The molecule has 1 fully saturated rings. The summed E-state index contributed by atoms with van der Waals surface area (Å²) in [6, 6.07) is 0. The normalized spacial score (nSPS) is 13.9. The minimum Gasteiger partial charge on any atom is -0.303 e. The molecule has 1 aliphatic rings. The molecule has 1 saturated heterocycles. The predicted octanol–water partition coefficient (Wildman–Crippen LogP) is 8.32. The molecule has 1 rings (SSSR count). The van der Waals surface area contributed by atoms with Gasteiger partial charge in [0.15, 0.2) is 0 Å². The highest BCUT2D eigenvalue weighted by Gasteiger charge is 2.17. The Labute approximate surface area is 288 Å². The maximum absolute atomic E-state index is 5.42. The van der Waals surface area contributed by atoms with Crippen LogP contribution < -0.4 is 0 Å². The van der Waals surface area contributed by atoms with Gasteiger partial charge in [0, 0.05) is 51.9 Å². The van der Waals surface area contributed by atoms with E-state index in [2.05, 4.69) is 43.3 Å². The zero-order valence-corrected chi connectivity index (χ0v) is 30.1. The van der Waals surface area contributed by atoms with Crippen LogP contribution in [0.2, 0.25) is 0 Å². The van der Waals surface area contributed by atoms with Crippen molar-refractivity contribution in [3.63, 3.8) is 0 Å². The maximum atomic E-state index is 5.42. The fourth-order valence-corrected chi connectivity index (χ4v) is 6.61. The number of unbranched alkanes of at least 4 members (excludes halogenated alkanes) is 16. The summed E-state index contributed by atoms with van der Waals surface area (Å²) in [4.78, 5) is 10.9. The lowest BCUT2D eigenvalue weighted by molar-refractivity contribution is 0.121. The van der Waals surface area contributed by atoms with Gasteiger partial charge in [0.2, 0.25) is 0 Å². The summed E-state index contributed by atoms with van der Waals surface area (Å²) in [5.74, 6) is 11.1. The van der Waals surface area contributed by atoms with E-state index in [1.54, 1.807) is 0 Å². The Kier molecular flexibility index (Phi) is 30.2. The van der Waals surface area contributed by atoms with E-state index in [4.69, 9.17) is 25.7 Å². The largest absolute Gasteiger partial charge is 0.303 e. The molecule has 0 atom stereocenters. The molecule has 0 aromatic carbocycles. The quantitative estimate of drug-likeness (QED) is 0.0546. The van der Waals surface area contributed by atoms with Gasteiger partial charge in [-0.05, 0) is 117 Å². The molecule has 0 amide bonds. The van der Waals surface area contributed by atoms with Gasteiger partial charge >= 0.3 is 0 Å². The first-order valence-electron chi connectivity index (χ1n) is 19.4. The lowest BCUT2D eigenvalue weighted by atomic mass is 10.1. The van der Waals surface area contributed by atoms with E-state index in [1.807, 2.05) is 0 Å². The molecule has 0 unspecified atom stereocenters. The molecule has 4 heteroatoms. The van der Waals surface area contributed by atoms with Crippen LogP contribution in [-0.2, 0) is 0 Å². The molecule has 0 aliphatic carbocycles. The highest BCUT2D eigenvalue weighted by atomic mass is 15.3. The highest BCUT2D eigenvalue weighted by molar-refractivity contribution is 4.84. The van der Waals surface area contributed by atoms with Gasteiger partial charge in [-0.15, -0.1) is 49.4 Å². The molecular formula is C42H72N4. The smallest absolute Gasteiger partial charge is 0.0110 e. The first kappa shape index (κ1) is 42.1. The number of piperazine rings is 1. The lowest BCUT2D eigenvalue weighted by Gasteiger charge is -2.35. The Hall–Kier alpha value is -1.92. The topological polar surface area (TPSA) is 13.0 Å². The highest BCUT2D eigenvalue weighted by Crippen LogP contribution is 2.11. The van der Waals surface area contributed by atoms with Crippen molar-refractivity contribution in [3.8, 4) is 49.4 Å². The number of terminal acetylenes is 4. The second-order valence-electron chi connectivity index (χ2n) is 13.5. The Morgan fingerprint density at radius 3 is 0.826 bits per heavy atom. The molecule has 46 heavy (non-hydrogen) atoms. The van der Waals surface area contributed by atoms with Crippen molar-refractivity contribution in [2.45, 2.75) is 141 Å². The van der Waals surface area contributed by atoms with Crippen LogP contribution in [0.5, 0.6) is 0 Å². The van der Waals surface area contributed by atoms with Gasteiger partial charge in [-0.1, -0.05) is 51.4 Å². The molecular weight excluding hydrogens is 560 g/mol. The van der Waals surface area contributed by atoms with E-state index in [0.29, 0.717) is 0 Å². The van der Waals surface area contributed by atoms with E-state index in [9.17, 15) is 0 Å². The van der Waals surface area contributed by atoms with Crippen molar-refractivity contribution in [3.05, 3.63) is 0 Å². The minimum absolute atomic E-state index is 0.927. The van der Waals surface area contributed by atoms with Gasteiger partial charge in [-0.2, -0.15) is 0 Å². The molecule has 0 radical (unpaired) electrons. The average Bonchev–Trinajstić information content (AvgIpc) is 3.07. The van der Waals surface area contributed by atoms with Gasteiger partial charge in [-0.3, -0.25) is 0 Å². The standard InChI is InChI=1S/C42H72N4/c1-5-9-13-17-21-25-31-43(32-26-22-18-14-10-6-2)35-29-37-45-39-41-46(42-40-45)38-30-36-44(33-27-23-19-15-11-7-3)34-28-24-20-16-12-8-4/h1-4H,9-42H2. The predicted molar refractivity (Wildman–Crippen MR) is 203 cm³/mol. The van der Waals surface area contributed by atoms with Crippen molar-refractivity contribution < 1.29 is 0 Å². The van der Waals surface area contributed by atoms with Crippen molar-refractivity contribution in [1.82, 2.24) is 19.6 Å². The van der Waals surface area contributed by atoms with Gasteiger partial charge < -0.3 is 19.6 Å². The Balaban J connectivity index is 2.30. The molecule has 0 spiro atoms. The van der Waals surface area contributed by atoms with Gasteiger partial charge in [-0.25, -0.2) is 0 Å². The third-order valence-electron chi connectivity index (χ3n) is 9.54. The Bertz CT molecular complexity index is 710. The third kappa shape index (κ3) is 26.2. The van der Waals surface area contributed by atoms with E-state index in [-0.39, 0.29) is 0 Å². The van der Waals surface area contributed by atoms with Crippen molar-refractivity contribution in [2.24, 2.45) is 0 Å². The Morgan fingerprint density at radius 1 is 0.326 bits per heavy atom. The van der Waals surface area contributed by atoms with E-state index < -0.39 is 0 Å². The van der Waals surface area contributed by atoms with Gasteiger partial charge in [0.1, 0.15) is 0 Å². The molecule has 1 aliphatic heterocycles. The molecule has 260 valence electrons. The summed E-state index contributed by atoms with van der Waals surface area (Å²) in [5, 5.41) is 0. The molecule has 0 N–H and O–H groups in total. The maximum Gasteiger partial charge on any atom is 0.0110 e. The average molecular weight is 633 g/mol. The van der Waals surface area contributed by atoms with Gasteiger partial charge in [0.25, 0.3) is 0 Å². The second-order valence-corrected chi connectivity index (χ2v) is 13.5. The van der Waals surface area contributed by atoms with Crippen LogP contribution in [0.25, 0.3) is 0 Å². The minimum atomic E-state index is 0.927. The summed E-state index contributed by atoms with van der Waals surface area (Å²) in [6.45, 7) is 14.8. The van der Waals surface area contributed by atoms with Crippen molar-refractivity contribution >= 4 is 0 Å². The first-order chi connectivity index (χ1) is 22.7. The molecule has 4 nitrogen and oxygen atoms in total. The summed E-state index contributed by atoms with van der Waals surface area (Å²) < 4.78 is 0. The lowest BCUT2D eigenvalue weighted by Crippen LogP contribution is -2.47. The summed E-state index contributed by atoms with van der Waals surface area (Å²) in [6.07, 6.45) is 48.2. The Morgan fingerprint density at radius 2 is 0.565 bits per heavy atom. The van der Waals surface area contributed by atoms with Crippen LogP contribution in [0.15, 0.2) is 0 Å². The first-order valence-corrected chi connectivity index (χ1v) is 19.4. The number of nitrogens with zero attached hydrogens (tertiary/aromatic N) is 4. The van der Waals surface area contributed by atoms with Crippen LogP contribution in [0.4, 0.5) is 0 Å². The number of hydrogen-bond acceptors (Lipinski definition) is 4. The molecule has 0 bridgehead atoms. The van der Waals surface area contributed by atoms with Crippen LogP contribution in [0.3, 0.4) is 0 Å². The molecule has 0 aromatic rings. The summed E-state index contributed by atoms with van der Waals surface area (Å²) in [5.41, 5.74) is 0. The zero-order chi connectivity index (χ0) is 33.2.